The Morgan fingerprint density at radius 2 is 1.56 bits per heavy atom. The van der Waals surface area contributed by atoms with Crippen molar-refractivity contribution in [3.05, 3.63) is 65.2 Å². The van der Waals surface area contributed by atoms with Gasteiger partial charge in [0, 0.05) is 0 Å². The predicted molar refractivity (Wildman–Crippen MR) is 76.7 cm³/mol. The fourth-order valence-electron chi connectivity index (χ4n) is 1.91. The molecule has 0 bridgehead atoms. The number of hydrogen-bond donors (Lipinski definition) is 1. The first-order chi connectivity index (χ1) is 11.7. The number of amides is 1. The second-order valence-corrected chi connectivity index (χ2v) is 4.76. The molecule has 0 fully saturated rings. The van der Waals surface area contributed by atoms with E-state index in [0.717, 1.165) is 30.3 Å². The van der Waals surface area contributed by atoms with E-state index in [-0.39, 0.29) is 0 Å². The number of para-hydroxylation sites is 1. The zero-order valence-electron chi connectivity index (χ0n) is 12.4. The highest BCUT2D eigenvalue weighted by Crippen LogP contribution is 2.32. The number of nitrogens with one attached hydrogen (secondary N) is 1. The van der Waals surface area contributed by atoms with E-state index < -0.39 is 53.1 Å². The molecule has 2 aromatic carbocycles. The normalized spacial score (nSPS) is 11.1. The topological polar surface area (TPSA) is 55.4 Å². The number of carbonyl (C=O) groups is 2. The number of esters is 1. The first-order valence-corrected chi connectivity index (χ1v) is 6.77. The van der Waals surface area contributed by atoms with Crippen LogP contribution >= 0.6 is 0 Å². The van der Waals surface area contributed by atoms with Gasteiger partial charge in [-0.05, 0) is 24.3 Å². The fourth-order valence-corrected chi connectivity index (χ4v) is 1.91. The van der Waals surface area contributed by atoms with Crippen molar-refractivity contribution in [2.45, 2.75) is 6.18 Å². The van der Waals surface area contributed by atoms with Gasteiger partial charge in [-0.25, -0.2) is 13.6 Å². The lowest BCUT2D eigenvalue weighted by molar-refractivity contribution is -0.138. The van der Waals surface area contributed by atoms with Gasteiger partial charge in [0.05, 0.1) is 11.1 Å². The van der Waals surface area contributed by atoms with Crippen molar-refractivity contribution in [3.63, 3.8) is 0 Å². The van der Waals surface area contributed by atoms with Gasteiger partial charge < -0.3 is 10.1 Å². The number of carbonyl (C=O) groups excluding carboxylic acids is 2. The Bertz CT molecular complexity index is 784. The minimum absolute atomic E-state index is 0.686. The molecule has 2 aromatic rings. The quantitative estimate of drug-likeness (QED) is 0.668. The van der Waals surface area contributed by atoms with Gasteiger partial charge >= 0.3 is 12.1 Å². The second kappa shape index (κ2) is 7.29. The maximum atomic E-state index is 13.4. The Morgan fingerprint density at radius 3 is 2.16 bits per heavy atom. The van der Waals surface area contributed by atoms with Crippen molar-refractivity contribution in [2.75, 3.05) is 11.9 Å². The first kappa shape index (κ1) is 18.4. The molecule has 0 radical (unpaired) electrons. The third-order valence-corrected chi connectivity index (χ3v) is 3.01. The highest BCUT2D eigenvalue weighted by molar-refractivity contribution is 5.96. The molecule has 9 heteroatoms. The standard InChI is InChI=1S/C16H10F5NO3/c17-11-6-3-7-12(18)14(11)22-13(23)8-25-15(24)9-4-1-2-5-10(9)16(19,20)21/h1-7H,8H2,(H,22,23). The van der Waals surface area contributed by atoms with Crippen molar-refractivity contribution < 1.29 is 36.3 Å². The molecule has 25 heavy (non-hydrogen) atoms. The van der Waals surface area contributed by atoms with Crippen LogP contribution in [0.5, 0.6) is 0 Å². The smallest absolute Gasteiger partial charge is 0.417 e. The minimum atomic E-state index is -4.78. The Hall–Kier alpha value is -2.97. The van der Waals surface area contributed by atoms with Crippen LogP contribution in [0.15, 0.2) is 42.5 Å². The van der Waals surface area contributed by atoms with Crippen molar-refractivity contribution in [1.29, 1.82) is 0 Å². The van der Waals surface area contributed by atoms with Crippen molar-refractivity contribution in [3.8, 4) is 0 Å². The van der Waals surface area contributed by atoms with E-state index in [4.69, 9.17) is 0 Å². The van der Waals surface area contributed by atoms with Crippen LogP contribution in [-0.2, 0) is 15.7 Å². The molecule has 0 saturated heterocycles. The molecule has 0 aromatic heterocycles. The van der Waals surface area contributed by atoms with Crippen LogP contribution in [0.25, 0.3) is 0 Å². The number of anilines is 1. The molecule has 0 heterocycles. The molecule has 0 aliphatic heterocycles. The summed E-state index contributed by atoms with van der Waals surface area (Å²) < 4.78 is 69.7. The highest BCUT2D eigenvalue weighted by Gasteiger charge is 2.35. The summed E-state index contributed by atoms with van der Waals surface area (Å²) in [4.78, 5) is 23.3. The molecule has 1 N–H and O–H groups in total. The monoisotopic (exact) mass is 359 g/mol. The van der Waals surface area contributed by atoms with Crippen LogP contribution in [0.3, 0.4) is 0 Å². The van der Waals surface area contributed by atoms with Gasteiger partial charge in [0.25, 0.3) is 5.91 Å². The van der Waals surface area contributed by atoms with E-state index in [1.54, 1.807) is 0 Å². The van der Waals surface area contributed by atoms with Gasteiger partial charge in [-0.2, -0.15) is 13.2 Å². The number of ether oxygens (including phenoxy) is 1. The molecule has 0 aliphatic rings. The zero-order valence-corrected chi connectivity index (χ0v) is 12.4. The molecule has 0 atom stereocenters. The van der Waals surface area contributed by atoms with E-state index >= 15 is 0 Å². The first-order valence-electron chi connectivity index (χ1n) is 6.77. The van der Waals surface area contributed by atoms with Crippen LogP contribution in [0.4, 0.5) is 27.6 Å². The summed E-state index contributed by atoms with van der Waals surface area (Å²) in [7, 11) is 0. The Balaban J connectivity index is 2.05. The lowest BCUT2D eigenvalue weighted by Gasteiger charge is -2.12. The number of halogens is 5. The molecule has 0 saturated carbocycles. The average Bonchev–Trinajstić information content (AvgIpc) is 2.55. The van der Waals surface area contributed by atoms with Crippen LogP contribution in [0, 0.1) is 11.6 Å². The molecule has 0 spiro atoms. The maximum absolute atomic E-state index is 13.4. The molecule has 0 unspecified atom stereocenters. The number of alkyl halides is 3. The van der Waals surface area contributed by atoms with Crippen LogP contribution < -0.4 is 5.32 Å². The summed E-state index contributed by atoms with van der Waals surface area (Å²) in [5, 5.41) is 1.84. The summed E-state index contributed by atoms with van der Waals surface area (Å²) in [5.41, 5.74) is -2.75. The summed E-state index contributed by atoms with van der Waals surface area (Å²) in [6, 6.07) is 6.72. The number of hydrogen-bond acceptors (Lipinski definition) is 3. The minimum Gasteiger partial charge on any atom is -0.452 e. The second-order valence-electron chi connectivity index (χ2n) is 4.76. The van der Waals surface area contributed by atoms with Crippen LogP contribution in [-0.4, -0.2) is 18.5 Å². The van der Waals surface area contributed by atoms with Gasteiger partial charge in [-0.15, -0.1) is 0 Å². The summed E-state index contributed by atoms with van der Waals surface area (Å²) in [6.07, 6.45) is -4.78. The molecule has 2 rings (SSSR count). The average molecular weight is 359 g/mol. The molecule has 132 valence electrons. The summed E-state index contributed by atoms with van der Waals surface area (Å²) in [5.74, 6) is -4.61. The third kappa shape index (κ3) is 4.52. The Morgan fingerprint density at radius 1 is 0.960 bits per heavy atom. The molecule has 0 aliphatic carbocycles. The van der Waals surface area contributed by atoms with Gasteiger partial charge in [-0.3, -0.25) is 4.79 Å². The highest BCUT2D eigenvalue weighted by atomic mass is 19.4. The van der Waals surface area contributed by atoms with Gasteiger partial charge in [0.15, 0.2) is 6.61 Å². The predicted octanol–water partition coefficient (Wildman–Crippen LogP) is 3.78. The van der Waals surface area contributed by atoms with E-state index in [9.17, 15) is 31.5 Å². The molecule has 4 nitrogen and oxygen atoms in total. The van der Waals surface area contributed by atoms with Crippen molar-refractivity contribution in [1.82, 2.24) is 0 Å². The SMILES string of the molecule is O=C(COC(=O)c1ccccc1C(F)(F)F)Nc1c(F)cccc1F. The summed E-state index contributed by atoms with van der Waals surface area (Å²) >= 11 is 0. The molecular formula is C16H10F5NO3. The van der Waals surface area contributed by atoms with Crippen LogP contribution in [0.1, 0.15) is 15.9 Å². The molecular weight excluding hydrogens is 349 g/mol. The third-order valence-electron chi connectivity index (χ3n) is 3.01. The van der Waals surface area contributed by atoms with E-state index in [0.29, 0.717) is 6.07 Å². The van der Waals surface area contributed by atoms with Gasteiger partial charge in [0.2, 0.25) is 0 Å². The van der Waals surface area contributed by atoms with E-state index in [1.807, 2.05) is 5.32 Å². The van der Waals surface area contributed by atoms with Crippen molar-refractivity contribution >= 4 is 17.6 Å². The zero-order chi connectivity index (χ0) is 18.6. The Kier molecular flexibility index (Phi) is 5.35. The lowest BCUT2D eigenvalue weighted by Crippen LogP contribution is -2.23. The Labute approximate surface area is 138 Å². The number of benzene rings is 2. The molecule has 1 amide bonds. The van der Waals surface area contributed by atoms with Crippen LogP contribution in [0.2, 0.25) is 0 Å². The largest absolute Gasteiger partial charge is 0.452 e. The van der Waals surface area contributed by atoms with E-state index in [2.05, 4.69) is 4.74 Å². The maximum Gasteiger partial charge on any atom is 0.417 e. The fraction of sp³-hybridized carbons (Fsp3) is 0.125. The summed E-state index contributed by atoms with van der Waals surface area (Å²) in [6.45, 7) is -1.02. The lowest BCUT2D eigenvalue weighted by atomic mass is 10.1. The van der Waals surface area contributed by atoms with Gasteiger partial charge in [0.1, 0.15) is 17.3 Å². The van der Waals surface area contributed by atoms with Gasteiger partial charge in [-0.1, -0.05) is 18.2 Å². The number of rotatable bonds is 4. The van der Waals surface area contributed by atoms with Crippen molar-refractivity contribution in [2.24, 2.45) is 0 Å². The van der Waals surface area contributed by atoms with E-state index in [1.165, 1.54) is 6.07 Å².